The van der Waals surface area contributed by atoms with Gasteiger partial charge in [0.05, 0.1) is 0 Å². The number of fused-ring (bicyclic) bond motifs is 2. The number of hydrogen-bond acceptors (Lipinski definition) is 5. The molecular formula is C18H18N4O2. The summed E-state index contributed by atoms with van der Waals surface area (Å²) in [5, 5.41) is 9.78. The van der Waals surface area contributed by atoms with Crippen molar-refractivity contribution in [3.05, 3.63) is 35.7 Å². The van der Waals surface area contributed by atoms with E-state index in [2.05, 4.69) is 4.98 Å². The monoisotopic (exact) mass is 322 g/mol. The third kappa shape index (κ3) is 1.76. The summed E-state index contributed by atoms with van der Waals surface area (Å²) in [6.45, 7) is 0.789. The summed E-state index contributed by atoms with van der Waals surface area (Å²) < 4.78 is 0. The number of pyridine rings is 1. The van der Waals surface area contributed by atoms with Crippen LogP contribution in [-0.4, -0.2) is 38.1 Å². The Kier molecular flexibility index (Phi) is 2.75. The minimum absolute atomic E-state index is 0.478. The highest BCUT2D eigenvalue weighted by atomic mass is 16.4. The molecular weight excluding hydrogens is 304 g/mol. The number of rotatable bonds is 3. The van der Waals surface area contributed by atoms with Crippen LogP contribution < -0.4 is 4.90 Å². The van der Waals surface area contributed by atoms with Crippen LogP contribution in [0, 0.1) is 5.92 Å². The Labute approximate surface area is 139 Å². The van der Waals surface area contributed by atoms with E-state index in [1.807, 2.05) is 23.1 Å². The van der Waals surface area contributed by atoms with Crippen LogP contribution in [0.5, 0.6) is 0 Å². The van der Waals surface area contributed by atoms with E-state index >= 15 is 0 Å². The highest BCUT2D eigenvalue weighted by Gasteiger charge is 2.62. The number of anilines is 1. The molecule has 2 bridgehead atoms. The maximum absolute atomic E-state index is 11.9. The zero-order valence-electron chi connectivity index (χ0n) is 13.3. The van der Waals surface area contributed by atoms with E-state index in [1.165, 1.54) is 0 Å². The first-order valence-corrected chi connectivity index (χ1v) is 8.50. The van der Waals surface area contributed by atoms with Gasteiger partial charge < -0.3 is 10.0 Å². The number of aromatic nitrogens is 3. The zero-order valence-corrected chi connectivity index (χ0v) is 13.3. The number of carboxylic acids is 1. The number of nitrogens with zero attached hydrogens (tertiary/aromatic N) is 4. The van der Waals surface area contributed by atoms with Crippen LogP contribution in [0.4, 0.5) is 5.82 Å². The number of carbonyl (C=O) groups is 1. The van der Waals surface area contributed by atoms with Crippen LogP contribution in [0.2, 0.25) is 0 Å². The van der Waals surface area contributed by atoms with Crippen molar-refractivity contribution >= 4 is 11.8 Å². The molecule has 122 valence electrons. The van der Waals surface area contributed by atoms with E-state index in [-0.39, 0.29) is 0 Å². The van der Waals surface area contributed by atoms with E-state index < -0.39 is 11.5 Å². The molecule has 6 nitrogen and oxygen atoms in total. The van der Waals surface area contributed by atoms with E-state index in [9.17, 15) is 9.90 Å². The number of aliphatic carboxylic acids is 1. The first kappa shape index (κ1) is 13.9. The van der Waals surface area contributed by atoms with Gasteiger partial charge in [0.2, 0.25) is 0 Å². The number of hydrogen-bond donors (Lipinski definition) is 1. The molecule has 0 radical (unpaired) electrons. The SMILES string of the molecule is O=C(O)C12CC(CN1c1nc(-c3ccccn3)nc3c1CCC3)C2. The van der Waals surface area contributed by atoms with Crippen molar-refractivity contribution in [2.45, 2.75) is 37.6 Å². The molecule has 0 unspecified atom stereocenters. The van der Waals surface area contributed by atoms with Gasteiger partial charge in [-0.05, 0) is 50.2 Å². The summed E-state index contributed by atoms with van der Waals surface area (Å²) in [4.78, 5) is 27.8. The average Bonchev–Trinajstić information content (AvgIpc) is 3.26. The Morgan fingerprint density at radius 3 is 2.88 bits per heavy atom. The van der Waals surface area contributed by atoms with Crippen molar-refractivity contribution in [2.24, 2.45) is 5.92 Å². The van der Waals surface area contributed by atoms with Crippen LogP contribution in [0.15, 0.2) is 24.4 Å². The Morgan fingerprint density at radius 2 is 2.12 bits per heavy atom. The molecule has 24 heavy (non-hydrogen) atoms. The molecule has 1 saturated carbocycles. The Bertz CT molecular complexity index is 830. The third-order valence-corrected chi connectivity index (χ3v) is 5.67. The predicted molar refractivity (Wildman–Crippen MR) is 87.7 cm³/mol. The van der Waals surface area contributed by atoms with Gasteiger partial charge >= 0.3 is 5.97 Å². The standard InChI is InChI=1S/C18H18N4O2/c23-17(24)18-8-11(9-18)10-22(18)16-12-4-3-6-13(12)20-15(21-16)14-5-1-2-7-19-14/h1-2,5,7,11H,3-4,6,8-10H2,(H,23,24). The normalized spacial score (nSPS) is 27.0. The molecule has 4 heterocycles. The lowest BCUT2D eigenvalue weighted by atomic mass is 9.73. The lowest BCUT2D eigenvalue weighted by molar-refractivity contribution is -0.145. The van der Waals surface area contributed by atoms with E-state index in [4.69, 9.17) is 9.97 Å². The summed E-state index contributed by atoms with van der Waals surface area (Å²) in [6, 6.07) is 5.69. The molecule has 1 N–H and O–H groups in total. The predicted octanol–water partition coefficient (Wildman–Crippen LogP) is 2.08. The van der Waals surface area contributed by atoms with Crippen LogP contribution in [0.25, 0.3) is 11.5 Å². The van der Waals surface area contributed by atoms with E-state index in [0.717, 1.165) is 61.4 Å². The molecule has 0 amide bonds. The van der Waals surface area contributed by atoms with Gasteiger partial charge in [-0.1, -0.05) is 6.07 Å². The fourth-order valence-corrected chi connectivity index (χ4v) is 4.50. The molecule has 2 aromatic rings. The first-order chi connectivity index (χ1) is 11.7. The molecule has 0 aromatic carbocycles. The van der Waals surface area contributed by atoms with E-state index in [0.29, 0.717) is 11.7 Å². The summed E-state index contributed by atoms with van der Waals surface area (Å²) in [7, 11) is 0. The summed E-state index contributed by atoms with van der Waals surface area (Å²) in [5.41, 5.74) is 2.19. The molecule has 4 aliphatic rings. The Morgan fingerprint density at radius 1 is 1.25 bits per heavy atom. The molecule has 2 aliphatic carbocycles. The van der Waals surface area contributed by atoms with Gasteiger partial charge in [-0.3, -0.25) is 4.98 Å². The molecule has 0 atom stereocenters. The van der Waals surface area contributed by atoms with Crippen molar-refractivity contribution in [1.82, 2.24) is 15.0 Å². The second-order valence-corrected chi connectivity index (χ2v) is 7.09. The highest BCUT2D eigenvalue weighted by molar-refractivity contribution is 5.87. The largest absolute Gasteiger partial charge is 0.479 e. The quantitative estimate of drug-likeness (QED) is 0.932. The maximum Gasteiger partial charge on any atom is 0.329 e. The van der Waals surface area contributed by atoms with Gasteiger partial charge in [0.25, 0.3) is 0 Å². The van der Waals surface area contributed by atoms with Crippen molar-refractivity contribution in [1.29, 1.82) is 0 Å². The average molecular weight is 322 g/mol. The summed E-state index contributed by atoms with van der Waals surface area (Å²) in [6.07, 6.45) is 6.13. The van der Waals surface area contributed by atoms with Crippen LogP contribution in [0.1, 0.15) is 30.5 Å². The molecule has 2 saturated heterocycles. The minimum atomic E-state index is -0.753. The lowest BCUT2D eigenvalue weighted by Crippen LogP contribution is -2.53. The lowest BCUT2D eigenvalue weighted by Gasteiger charge is -2.39. The number of aryl methyl sites for hydroxylation is 1. The van der Waals surface area contributed by atoms with Crippen LogP contribution in [-0.2, 0) is 17.6 Å². The first-order valence-electron chi connectivity index (χ1n) is 8.50. The topological polar surface area (TPSA) is 79.2 Å². The fraction of sp³-hybridized carbons (Fsp3) is 0.444. The van der Waals surface area contributed by atoms with Crippen molar-refractivity contribution < 1.29 is 9.90 Å². The molecule has 6 heteroatoms. The molecule has 2 aliphatic heterocycles. The Balaban J connectivity index is 1.66. The maximum atomic E-state index is 11.9. The Hall–Kier alpha value is -2.50. The number of carboxylic acid groups (broad SMARTS) is 1. The van der Waals surface area contributed by atoms with Crippen molar-refractivity contribution in [2.75, 3.05) is 11.4 Å². The zero-order chi connectivity index (χ0) is 16.3. The second-order valence-electron chi connectivity index (χ2n) is 7.09. The molecule has 3 fully saturated rings. The van der Waals surface area contributed by atoms with Gasteiger partial charge in [0.1, 0.15) is 17.1 Å². The fourth-order valence-electron chi connectivity index (χ4n) is 4.50. The molecule has 2 aromatic heterocycles. The molecule has 6 rings (SSSR count). The minimum Gasteiger partial charge on any atom is -0.479 e. The van der Waals surface area contributed by atoms with Crippen LogP contribution in [0.3, 0.4) is 0 Å². The van der Waals surface area contributed by atoms with Gasteiger partial charge in [-0.15, -0.1) is 0 Å². The van der Waals surface area contributed by atoms with Crippen molar-refractivity contribution in [3.63, 3.8) is 0 Å². The summed E-state index contributed by atoms with van der Waals surface area (Å²) >= 11 is 0. The summed E-state index contributed by atoms with van der Waals surface area (Å²) in [5.74, 6) is 1.20. The third-order valence-electron chi connectivity index (χ3n) is 5.67. The van der Waals surface area contributed by atoms with E-state index in [1.54, 1.807) is 6.20 Å². The van der Waals surface area contributed by atoms with Crippen LogP contribution >= 0.6 is 0 Å². The van der Waals surface area contributed by atoms with Gasteiger partial charge in [-0.2, -0.15) is 0 Å². The second kappa shape index (κ2) is 4.75. The molecule has 0 spiro atoms. The van der Waals surface area contributed by atoms with Crippen molar-refractivity contribution in [3.8, 4) is 11.5 Å². The van der Waals surface area contributed by atoms with Gasteiger partial charge in [0.15, 0.2) is 5.82 Å². The van der Waals surface area contributed by atoms with Gasteiger partial charge in [-0.25, -0.2) is 14.8 Å². The van der Waals surface area contributed by atoms with Gasteiger partial charge in [0, 0.05) is 24.0 Å². The highest BCUT2D eigenvalue weighted by Crippen LogP contribution is 2.53. The smallest absolute Gasteiger partial charge is 0.329 e.